The third-order valence-corrected chi connectivity index (χ3v) is 5.04. The Morgan fingerprint density at radius 3 is 2.25 bits per heavy atom. The summed E-state index contributed by atoms with van der Waals surface area (Å²) in [6.07, 6.45) is 1.98. The van der Waals surface area contributed by atoms with Gasteiger partial charge in [0.25, 0.3) is 0 Å². The minimum atomic E-state index is -3.37. The molecule has 0 amide bonds. The summed E-state index contributed by atoms with van der Waals surface area (Å²) in [6.45, 7) is 4.79. The number of aryl methyl sites for hydroxylation is 2. The summed E-state index contributed by atoms with van der Waals surface area (Å²) in [5.74, 6) is 0. The van der Waals surface area contributed by atoms with Gasteiger partial charge < -0.3 is 0 Å². The molecule has 1 heterocycles. The van der Waals surface area contributed by atoms with Gasteiger partial charge in [0, 0.05) is 32.4 Å². The van der Waals surface area contributed by atoms with Gasteiger partial charge in [0.2, 0.25) is 10.0 Å². The molecule has 5 nitrogen and oxygen atoms in total. The lowest BCUT2D eigenvalue weighted by molar-refractivity contribution is 0.521. The maximum absolute atomic E-state index is 12.0. The van der Waals surface area contributed by atoms with Crippen molar-refractivity contribution in [2.24, 2.45) is 0 Å². The number of benzene rings is 1. The third kappa shape index (κ3) is 2.62. The van der Waals surface area contributed by atoms with E-state index in [1.54, 1.807) is 12.1 Å². The summed E-state index contributed by atoms with van der Waals surface area (Å²) in [6, 6.07) is 6.90. The van der Waals surface area contributed by atoms with Crippen LogP contribution in [-0.4, -0.2) is 36.6 Å². The Morgan fingerprint density at radius 1 is 1.20 bits per heavy atom. The van der Waals surface area contributed by atoms with E-state index in [9.17, 15) is 8.42 Å². The molecule has 1 aromatic heterocycles. The Kier molecular flexibility index (Phi) is 3.96. The second-order valence-corrected chi connectivity index (χ2v) is 6.95. The van der Waals surface area contributed by atoms with Crippen LogP contribution in [0.5, 0.6) is 0 Å². The van der Waals surface area contributed by atoms with Crippen LogP contribution in [-0.2, 0) is 16.6 Å². The van der Waals surface area contributed by atoms with Crippen molar-refractivity contribution < 1.29 is 8.42 Å². The molecule has 0 aliphatic carbocycles. The quantitative estimate of drug-likeness (QED) is 0.867. The minimum absolute atomic E-state index is 0.298. The first kappa shape index (κ1) is 14.7. The molecule has 1 aromatic carbocycles. The zero-order valence-corrected chi connectivity index (χ0v) is 13.0. The van der Waals surface area contributed by atoms with Crippen molar-refractivity contribution in [2.45, 2.75) is 25.3 Å². The summed E-state index contributed by atoms with van der Waals surface area (Å²) in [7, 11) is -0.320. The summed E-state index contributed by atoms with van der Waals surface area (Å²) in [5, 5.41) is 4.40. The zero-order valence-electron chi connectivity index (χ0n) is 12.2. The molecule has 0 saturated heterocycles. The van der Waals surface area contributed by atoms with E-state index in [0.29, 0.717) is 4.90 Å². The number of aromatic nitrogens is 2. The van der Waals surface area contributed by atoms with Gasteiger partial charge in [-0.25, -0.2) is 12.7 Å². The lowest BCUT2D eigenvalue weighted by Crippen LogP contribution is -2.22. The van der Waals surface area contributed by atoms with Crippen molar-refractivity contribution in [1.29, 1.82) is 0 Å². The Labute approximate surface area is 119 Å². The first-order valence-corrected chi connectivity index (χ1v) is 7.87. The smallest absolute Gasteiger partial charge is 0.242 e. The van der Waals surface area contributed by atoms with E-state index < -0.39 is 10.0 Å². The van der Waals surface area contributed by atoms with Crippen LogP contribution in [0.2, 0.25) is 0 Å². The molecule has 0 saturated carbocycles. The summed E-state index contributed by atoms with van der Waals surface area (Å²) >= 11 is 0. The van der Waals surface area contributed by atoms with Crippen LogP contribution in [0.15, 0.2) is 35.4 Å². The number of sulfonamides is 1. The largest absolute Gasteiger partial charge is 0.272 e. The van der Waals surface area contributed by atoms with Gasteiger partial charge >= 0.3 is 0 Å². The molecular formula is C14H19N3O2S. The lowest BCUT2D eigenvalue weighted by Gasteiger charge is -2.11. The Hall–Kier alpha value is -1.66. The molecule has 2 rings (SSSR count). The van der Waals surface area contributed by atoms with Gasteiger partial charge in [-0.05, 0) is 31.5 Å². The Morgan fingerprint density at radius 2 is 1.80 bits per heavy atom. The maximum atomic E-state index is 12.0. The fourth-order valence-corrected chi connectivity index (χ4v) is 2.88. The molecule has 108 valence electrons. The van der Waals surface area contributed by atoms with Crippen molar-refractivity contribution in [3.8, 4) is 11.1 Å². The molecule has 0 aliphatic heterocycles. The van der Waals surface area contributed by atoms with Crippen LogP contribution < -0.4 is 0 Å². The molecular weight excluding hydrogens is 274 g/mol. The maximum Gasteiger partial charge on any atom is 0.242 e. The van der Waals surface area contributed by atoms with E-state index in [0.717, 1.165) is 23.4 Å². The molecule has 0 fully saturated rings. The third-order valence-electron chi connectivity index (χ3n) is 3.21. The second kappa shape index (κ2) is 5.38. The standard InChI is InChI=1S/C14H19N3O2S/c1-5-17-10-14(11(2)15-17)12-6-8-13(9-7-12)20(18,19)16(3)4/h6-10H,5H2,1-4H3. The number of nitrogens with zero attached hydrogens (tertiary/aromatic N) is 3. The molecule has 0 bridgehead atoms. The molecule has 0 radical (unpaired) electrons. The minimum Gasteiger partial charge on any atom is -0.272 e. The fraction of sp³-hybridized carbons (Fsp3) is 0.357. The summed E-state index contributed by atoms with van der Waals surface area (Å²) in [5.41, 5.74) is 2.94. The van der Waals surface area contributed by atoms with Crippen LogP contribution in [0.3, 0.4) is 0 Å². The number of rotatable bonds is 4. The van der Waals surface area contributed by atoms with E-state index in [2.05, 4.69) is 5.10 Å². The van der Waals surface area contributed by atoms with Gasteiger partial charge in [-0.2, -0.15) is 5.10 Å². The van der Waals surface area contributed by atoms with Crippen molar-refractivity contribution in [1.82, 2.24) is 14.1 Å². The van der Waals surface area contributed by atoms with Crippen LogP contribution in [0.4, 0.5) is 0 Å². The second-order valence-electron chi connectivity index (χ2n) is 4.80. The van der Waals surface area contributed by atoms with E-state index in [1.807, 2.05) is 36.9 Å². The van der Waals surface area contributed by atoms with Crippen LogP contribution in [0, 0.1) is 6.92 Å². The van der Waals surface area contributed by atoms with E-state index >= 15 is 0 Å². The molecule has 0 unspecified atom stereocenters. The molecule has 20 heavy (non-hydrogen) atoms. The predicted octanol–water partition coefficient (Wildman–Crippen LogP) is 2.13. The summed E-state index contributed by atoms with van der Waals surface area (Å²) < 4.78 is 27.1. The number of hydrogen-bond acceptors (Lipinski definition) is 3. The van der Waals surface area contributed by atoms with Crippen molar-refractivity contribution in [3.05, 3.63) is 36.2 Å². The molecule has 0 atom stereocenters. The number of hydrogen-bond donors (Lipinski definition) is 0. The highest BCUT2D eigenvalue weighted by molar-refractivity contribution is 7.89. The average molecular weight is 293 g/mol. The van der Waals surface area contributed by atoms with Crippen LogP contribution >= 0.6 is 0 Å². The highest BCUT2D eigenvalue weighted by atomic mass is 32.2. The predicted molar refractivity (Wildman–Crippen MR) is 78.9 cm³/mol. The van der Waals surface area contributed by atoms with Gasteiger partial charge in [-0.15, -0.1) is 0 Å². The van der Waals surface area contributed by atoms with E-state index in [4.69, 9.17) is 0 Å². The van der Waals surface area contributed by atoms with Crippen LogP contribution in [0.25, 0.3) is 11.1 Å². The molecule has 0 spiro atoms. The van der Waals surface area contributed by atoms with Crippen molar-refractivity contribution >= 4 is 10.0 Å². The van der Waals surface area contributed by atoms with Gasteiger partial charge in [-0.3, -0.25) is 4.68 Å². The van der Waals surface area contributed by atoms with Gasteiger partial charge in [0.15, 0.2) is 0 Å². The molecule has 6 heteroatoms. The van der Waals surface area contributed by atoms with Gasteiger partial charge in [0.05, 0.1) is 10.6 Å². The molecule has 0 aliphatic rings. The molecule has 2 aromatic rings. The Bertz CT molecular complexity index is 701. The first-order chi connectivity index (χ1) is 9.36. The van der Waals surface area contributed by atoms with Crippen LogP contribution in [0.1, 0.15) is 12.6 Å². The molecule has 0 N–H and O–H groups in total. The highest BCUT2D eigenvalue weighted by Gasteiger charge is 2.17. The Balaban J connectivity index is 2.40. The highest BCUT2D eigenvalue weighted by Crippen LogP contribution is 2.24. The monoisotopic (exact) mass is 293 g/mol. The van der Waals surface area contributed by atoms with Gasteiger partial charge in [0.1, 0.15) is 0 Å². The average Bonchev–Trinajstić information content (AvgIpc) is 2.80. The first-order valence-electron chi connectivity index (χ1n) is 6.43. The normalized spacial score (nSPS) is 12.1. The SMILES string of the molecule is CCn1cc(-c2ccc(S(=O)(=O)N(C)C)cc2)c(C)n1. The zero-order chi connectivity index (χ0) is 14.9. The van der Waals surface area contributed by atoms with E-state index in [1.165, 1.54) is 18.4 Å². The fourth-order valence-electron chi connectivity index (χ4n) is 1.98. The summed E-state index contributed by atoms with van der Waals surface area (Å²) in [4.78, 5) is 0.298. The van der Waals surface area contributed by atoms with Crippen molar-refractivity contribution in [3.63, 3.8) is 0 Å². The van der Waals surface area contributed by atoms with E-state index in [-0.39, 0.29) is 0 Å². The lowest BCUT2D eigenvalue weighted by atomic mass is 10.1. The van der Waals surface area contributed by atoms with Crippen molar-refractivity contribution in [2.75, 3.05) is 14.1 Å². The van der Waals surface area contributed by atoms with Gasteiger partial charge in [-0.1, -0.05) is 12.1 Å². The topological polar surface area (TPSA) is 55.2 Å².